The van der Waals surface area contributed by atoms with Gasteiger partial charge >= 0.3 is 0 Å². The number of nitrogens with one attached hydrogen (secondary N) is 2. The molecular formula is C18H16N4O4. The Morgan fingerprint density at radius 3 is 1.38 bits per heavy atom. The molecule has 0 aliphatic carbocycles. The van der Waals surface area contributed by atoms with Gasteiger partial charge in [-0.05, 0) is 26.0 Å². The van der Waals surface area contributed by atoms with E-state index in [4.69, 9.17) is 0 Å². The number of hydrogen-bond acceptors (Lipinski definition) is 6. The van der Waals surface area contributed by atoms with Gasteiger partial charge < -0.3 is 10.6 Å². The maximum Gasteiger partial charge on any atom is 0.278 e. The summed E-state index contributed by atoms with van der Waals surface area (Å²) in [5.41, 5.74) is 3.27. The molecule has 0 radical (unpaired) electrons. The fourth-order valence-corrected chi connectivity index (χ4v) is 2.91. The van der Waals surface area contributed by atoms with E-state index in [-0.39, 0.29) is 11.4 Å². The van der Waals surface area contributed by atoms with Gasteiger partial charge in [-0.3, -0.25) is 20.2 Å². The van der Waals surface area contributed by atoms with E-state index in [1.54, 1.807) is 50.2 Å². The van der Waals surface area contributed by atoms with Gasteiger partial charge in [-0.1, -0.05) is 24.3 Å². The zero-order valence-electron chi connectivity index (χ0n) is 14.1. The topological polar surface area (TPSA) is 110 Å². The lowest BCUT2D eigenvalue weighted by atomic mass is 10.0. The average Bonchev–Trinajstić information content (AvgIpc) is 2.63. The summed E-state index contributed by atoms with van der Waals surface area (Å²) in [4.78, 5) is 21.7. The maximum atomic E-state index is 11.3. The summed E-state index contributed by atoms with van der Waals surface area (Å²) in [6.07, 6.45) is 0. The van der Waals surface area contributed by atoms with Crippen LogP contribution in [0.1, 0.15) is 25.0 Å². The predicted molar refractivity (Wildman–Crippen MR) is 97.7 cm³/mol. The van der Waals surface area contributed by atoms with Gasteiger partial charge in [0.2, 0.25) is 0 Å². The first-order valence-corrected chi connectivity index (χ1v) is 7.83. The molecule has 2 aromatic carbocycles. The molecule has 0 saturated carbocycles. The number of para-hydroxylation sites is 2. The molecule has 8 nitrogen and oxygen atoms in total. The molecular weight excluding hydrogens is 336 g/mol. The smallest absolute Gasteiger partial charge is 0.278 e. The molecule has 0 unspecified atom stereocenters. The highest BCUT2D eigenvalue weighted by Crippen LogP contribution is 2.33. The molecule has 1 heterocycles. The molecule has 8 heteroatoms. The van der Waals surface area contributed by atoms with Crippen LogP contribution < -0.4 is 10.6 Å². The number of nitrogens with zero attached hydrogens (tertiary/aromatic N) is 2. The van der Waals surface area contributed by atoms with E-state index in [0.717, 1.165) is 0 Å². The van der Waals surface area contributed by atoms with E-state index in [2.05, 4.69) is 10.6 Å². The highest BCUT2D eigenvalue weighted by Gasteiger charge is 2.26. The van der Waals surface area contributed by atoms with Crippen molar-refractivity contribution < 1.29 is 9.85 Å². The zero-order valence-corrected chi connectivity index (χ0v) is 14.1. The normalized spacial score (nSPS) is 13.9. The standard InChI is InChI=1S/C18H16N4O4/c1-11-17(13-7-3-5-9-15(13)21(23)24)20-12(2)18(19-11)14-8-4-6-10-16(14)22(25)26/h3-10,19-20H,1-2H3. The first kappa shape index (κ1) is 17.2. The van der Waals surface area contributed by atoms with Crippen LogP contribution in [0.5, 0.6) is 0 Å². The van der Waals surface area contributed by atoms with Crippen molar-refractivity contribution in [3.05, 3.63) is 91.3 Å². The molecule has 0 aromatic heterocycles. The van der Waals surface area contributed by atoms with Gasteiger partial charge in [0.15, 0.2) is 0 Å². The largest absolute Gasteiger partial charge is 0.355 e. The lowest BCUT2D eigenvalue weighted by molar-refractivity contribution is -0.385. The second-order valence-electron chi connectivity index (χ2n) is 5.80. The van der Waals surface area contributed by atoms with E-state index in [0.29, 0.717) is 33.9 Å². The quantitative estimate of drug-likeness (QED) is 0.640. The van der Waals surface area contributed by atoms with E-state index in [1.165, 1.54) is 12.1 Å². The summed E-state index contributed by atoms with van der Waals surface area (Å²) in [5, 5.41) is 28.9. The van der Waals surface area contributed by atoms with E-state index < -0.39 is 9.85 Å². The molecule has 3 rings (SSSR count). The van der Waals surface area contributed by atoms with Crippen LogP contribution in [-0.2, 0) is 0 Å². The molecule has 2 aromatic rings. The zero-order chi connectivity index (χ0) is 18.8. The van der Waals surface area contributed by atoms with Crippen LogP contribution in [0.4, 0.5) is 11.4 Å². The van der Waals surface area contributed by atoms with Gasteiger partial charge in [0.1, 0.15) is 0 Å². The number of rotatable bonds is 4. The molecule has 132 valence electrons. The molecule has 0 fully saturated rings. The number of benzene rings is 2. The summed E-state index contributed by atoms with van der Waals surface area (Å²) in [6, 6.07) is 12.9. The fraction of sp³-hybridized carbons (Fsp3) is 0.111. The SMILES string of the molecule is CC1=C(c2ccccc2[N+](=O)[O-])NC(C)=C(c2ccccc2[N+](=O)[O-])N1. The van der Waals surface area contributed by atoms with Crippen molar-refractivity contribution in [3.8, 4) is 0 Å². The molecule has 0 amide bonds. The minimum atomic E-state index is -0.437. The highest BCUT2D eigenvalue weighted by molar-refractivity contribution is 5.83. The number of nitro groups is 2. The summed E-state index contributed by atoms with van der Waals surface area (Å²) in [6.45, 7) is 3.53. The van der Waals surface area contributed by atoms with Gasteiger partial charge in [0.25, 0.3) is 11.4 Å². The lowest BCUT2D eigenvalue weighted by Crippen LogP contribution is -2.28. The van der Waals surface area contributed by atoms with Crippen LogP contribution in [0.25, 0.3) is 11.4 Å². The van der Waals surface area contributed by atoms with Gasteiger partial charge in [-0.2, -0.15) is 0 Å². The Balaban J connectivity index is 2.05. The third-order valence-corrected chi connectivity index (χ3v) is 4.12. The van der Waals surface area contributed by atoms with Gasteiger partial charge in [-0.15, -0.1) is 0 Å². The fourth-order valence-electron chi connectivity index (χ4n) is 2.91. The van der Waals surface area contributed by atoms with Crippen molar-refractivity contribution >= 4 is 22.8 Å². The van der Waals surface area contributed by atoms with Gasteiger partial charge in [-0.25, -0.2) is 0 Å². The Hall–Kier alpha value is -3.68. The molecule has 0 bridgehead atoms. The third kappa shape index (κ3) is 3.00. The third-order valence-electron chi connectivity index (χ3n) is 4.12. The van der Waals surface area contributed by atoms with Crippen molar-refractivity contribution in [2.45, 2.75) is 13.8 Å². The second kappa shape index (κ2) is 6.67. The van der Waals surface area contributed by atoms with Crippen LogP contribution >= 0.6 is 0 Å². The highest BCUT2D eigenvalue weighted by atomic mass is 16.6. The van der Waals surface area contributed by atoms with Crippen molar-refractivity contribution in [2.24, 2.45) is 0 Å². The summed E-state index contributed by atoms with van der Waals surface area (Å²) >= 11 is 0. The molecule has 1 aliphatic rings. The monoisotopic (exact) mass is 352 g/mol. The Morgan fingerprint density at radius 2 is 1.04 bits per heavy atom. The van der Waals surface area contributed by atoms with E-state index in [1.807, 2.05) is 0 Å². The molecule has 1 aliphatic heterocycles. The maximum absolute atomic E-state index is 11.3. The lowest BCUT2D eigenvalue weighted by Gasteiger charge is -2.26. The van der Waals surface area contributed by atoms with E-state index >= 15 is 0 Å². The molecule has 0 atom stereocenters. The van der Waals surface area contributed by atoms with Crippen molar-refractivity contribution in [3.63, 3.8) is 0 Å². The molecule has 2 N–H and O–H groups in total. The van der Waals surface area contributed by atoms with Crippen LogP contribution in [0.15, 0.2) is 59.9 Å². The van der Waals surface area contributed by atoms with Gasteiger partial charge in [0, 0.05) is 23.5 Å². The summed E-state index contributed by atoms with van der Waals surface area (Å²) < 4.78 is 0. The van der Waals surface area contributed by atoms with Crippen LogP contribution in [0, 0.1) is 20.2 Å². The Bertz CT molecular complexity index is 899. The van der Waals surface area contributed by atoms with Crippen LogP contribution in [0.2, 0.25) is 0 Å². The minimum Gasteiger partial charge on any atom is -0.355 e. The molecule has 0 spiro atoms. The van der Waals surface area contributed by atoms with Gasteiger partial charge in [0.05, 0.1) is 32.4 Å². The summed E-state index contributed by atoms with van der Waals surface area (Å²) in [5.74, 6) is 0. The number of nitro benzene ring substituents is 2. The average molecular weight is 352 g/mol. The summed E-state index contributed by atoms with van der Waals surface area (Å²) in [7, 11) is 0. The first-order chi connectivity index (χ1) is 12.4. The molecule has 26 heavy (non-hydrogen) atoms. The van der Waals surface area contributed by atoms with Crippen molar-refractivity contribution in [1.82, 2.24) is 10.6 Å². The van der Waals surface area contributed by atoms with Crippen LogP contribution in [-0.4, -0.2) is 9.85 Å². The predicted octanol–water partition coefficient (Wildman–Crippen LogP) is 3.77. The first-order valence-electron chi connectivity index (χ1n) is 7.83. The van der Waals surface area contributed by atoms with Crippen molar-refractivity contribution in [1.29, 1.82) is 0 Å². The van der Waals surface area contributed by atoms with E-state index in [9.17, 15) is 20.2 Å². The number of allylic oxidation sites excluding steroid dienone is 2. The van der Waals surface area contributed by atoms with Crippen LogP contribution in [0.3, 0.4) is 0 Å². The van der Waals surface area contributed by atoms with Crippen molar-refractivity contribution in [2.75, 3.05) is 0 Å². The minimum absolute atomic E-state index is 0.0157. The Kier molecular flexibility index (Phi) is 4.40. The second-order valence-corrected chi connectivity index (χ2v) is 5.80. The Labute approximate surface area is 149 Å². The molecule has 0 saturated heterocycles. The Morgan fingerprint density at radius 1 is 0.692 bits per heavy atom. The number of hydrogen-bond donors (Lipinski definition) is 2.